The van der Waals surface area contributed by atoms with Gasteiger partial charge in [-0.05, 0) is 0 Å². The van der Waals surface area contributed by atoms with Crippen molar-refractivity contribution in [1.82, 2.24) is 10.1 Å². The van der Waals surface area contributed by atoms with Crippen molar-refractivity contribution in [3.63, 3.8) is 0 Å². The molecule has 2 heterocycles. The SMILES string of the molecule is CC(C)c1cc(N2C(=O)N(C)CC2O)no1. The number of aliphatic hydroxyl groups excluding tert-OH is 1. The van der Waals surface area contributed by atoms with Gasteiger partial charge in [-0.25, -0.2) is 9.69 Å². The van der Waals surface area contributed by atoms with E-state index in [0.29, 0.717) is 11.6 Å². The number of urea groups is 1. The monoisotopic (exact) mass is 225 g/mol. The molecule has 1 N–H and O–H groups in total. The van der Waals surface area contributed by atoms with Crippen molar-refractivity contribution in [3.8, 4) is 0 Å². The number of amides is 2. The lowest BCUT2D eigenvalue weighted by Gasteiger charge is -2.14. The van der Waals surface area contributed by atoms with E-state index in [1.807, 2.05) is 13.8 Å². The van der Waals surface area contributed by atoms with Crippen LogP contribution in [-0.4, -0.2) is 41.0 Å². The zero-order chi connectivity index (χ0) is 11.9. The van der Waals surface area contributed by atoms with Gasteiger partial charge in [-0.15, -0.1) is 0 Å². The number of likely N-dealkylation sites (N-methyl/N-ethyl adjacent to an activating group) is 1. The molecule has 1 unspecified atom stereocenters. The summed E-state index contributed by atoms with van der Waals surface area (Å²) in [4.78, 5) is 14.4. The van der Waals surface area contributed by atoms with Crippen LogP contribution in [0, 0.1) is 0 Å². The van der Waals surface area contributed by atoms with Crippen molar-refractivity contribution in [2.24, 2.45) is 0 Å². The number of β-amino-alcohol motifs (C(OH)–C–C–N with tert-alkyl or cyclic N) is 1. The fourth-order valence-corrected chi connectivity index (χ4v) is 1.63. The molecule has 1 aromatic rings. The van der Waals surface area contributed by atoms with E-state index in [1.54, 1.807) is 13.1 Å². The van der Waals surface area contributed by atoms with Crippen LogP contribution >= 0.6 is 0 Å². The van der Waals surface area contributed by atoms with Gasteiger partial charge in [0.05, 0.1) is 6.54 Å². The van der Waals surface area contributed by atoms with Crippen LogP contribution in [0.15, 0.2) is 10.6 Å². The fourth-order valence-electron chi connectivity index (χ4n) is 1.63. The van der Waals surface area contributed by atoms with E-state index in [2.05, 4.69) is 5.16 Å². The molecule has 6 heteroatoms. The quantitative estimate of drug-likeness (QED) is 0.814. The van der Waals surface area contributed by atoms with Gasteiger partial charge in [0.1, 0.15) is 5.76 Å². The number of carbonyl (C=O) groups is 1. The van der Waals surface area contributed by atoms with Gasteiger partial charge in [-0.2, -0.15) is 0 Å². The Kier molecular flexibility index (Phi) is 2.59. The lowest BCUT2D eigenvalue weighted by Crippen LogP contribution is -2.34. The molecule has 0 bridgehead atoms. The van der Waals surface area contributed by atoms with Crippen LogP contribution in [0.1, 0.15) is 25.5 Å². The Labute approximate surface area is 93.4 Å². The first-order valence-electron chi connectivity index (χ1n) is 5.19. The molecule has 2 amide bonds. The lowest BCUT2D eigenvalue weighted by atomic mass is 10.1. The van der Waals surface area contributed by atoms with Gasteiger partial charge >= 0.3 is 6.03 Å². The highest BCUT2D eigenvalue weighted by molar-refractivity contribution is 5.93. The minimum absolute atomic E-state index is 0.203. The number of carbonyl (C=O) groups excluding carboxylic acids is 1. The lowest BCUT2D eigenvalue weighted by molar-refractivity contribution is 0.182. The molecule has 0 saturated carbocycles. The molecule has 0 radical (unpaired) electrons. The second-order valence-corrected chi connectivity index (χ2v) is 4.26. The third-order valence-electron chi connectivity index (χ3n) is 2.60. The number of anilines is 1. The number of aliphatic hydroxyl groups is 1. The number of rotatable bonds is 2. The van der Waals surface area contributed by atoms with Crippen LogP contribution in [0.25, 0.3) is 0 Å². The largest absolute Gasteiger partial charge is 0.371 e. The summed E-state index contributed by atoms with van der Waals surface area (Å²) < 4.78 is 5.10. The average molecular weight is 225 g/mol. The van der Waals surface area contributed by atoms with E-state index in [0.717, 1.165) is 0 Å². The number of hydrogen-bond acceptors (Lipinski definition) is 4. The van der Waals surface area contributed by atoms with Crippen LogP contribution in [-0.2, 0) is 0 Å². The zero-order valence-corrected chi connectivity index (χ0v) is 9.54. The van der Waals surface area contributed by atoms with Crippen LogP contribution in [0.2, 0.25) is 0 Å². The van der Waals surface area contributed by atoms with Crippen molar-refractivity contribution in [2.45, 2.75) is 26.0 Å². The summed E-state index contributed by atoms with van der Waals surface area (Å²) in [6, 6.07) is 1.42. The fraction of sp³-hybridized carbons (Fsp3) is 0.600. The third-order valence-corrected chi connectivity index (χ3v) is 2.60. The van der Waals surface area contributed by atoms with Crippen molar-refractivity contribution in [1.29, 1.82) is 0 Å². The molecule has 88 valence electrons. The zero-order valence-electron chi connectivity index (χ0n) is 9.54. The summed E-state index contributed by atoms with van der Waals surface area (Å²) >= 11 is 0. The Morgan fingerprint density at radius 3 is 2.75 bits per heavy atom. The summed E-state index contributed by atoms with van der Waals surface area (Å²) in [7, 11) is 1.63. The molecule has 0 aromatic carbocycles. The van der Waals surface area contributed by atoms with E-state index in [1.165, 1.54) is 9.80 Å². The van der Waals surface area contributed by atoms with Crippen molar-refractivity contribution < 1.29 is 14.4 Å². The van der Waals surface area contributed by atoms with Gasteiger partial charge in [0.15, 0.2) is 12.0 Å². The van der Waals surface area contributed by atoms with E-state index in [4.69, 9.17) is 4.52 Å². The molecule has 1 fully saturated rings. The summed E-state index contributed by atoms with van der Waals surface area (Å²) in [6.07, 6.45) is -0.859. The van der Waals surface area contributed by atoms with Gasteiger partial charge in [-0.3, -0.25) is 0 Å². The van der Waals surface area contributed by atoms with Crippen LogP contribution < -0.4 is 4.90 Å². The Morgan fingerprint density at radius 1 is 1.62 bits per heavy atom. The molecule has 1 atom stereocenters. The standard InChI is InChI=1S/C10H15N3O3/c1-6(2)7-4-8(11-16-7)13-9(14)5-12(3)10(13)15/h4,6,9,14H,5H2,1-3H3. The number of aromatic nitrogens is 1. The molecular formula is C10H15N3O3. The third kappa shape index (κ3) is 1.65. The summed E-state index contributed by atoms with van der Waals surface area (Å²) in [5.41, 5.74) is 0. The van der Waals surface area contributed by atoms with E-state index < -0.39 is 6.23 Å². The van der Waals surface area contributed by atoms with Crippen molar-refractivity contribution >= 4 is 11.8 Å². The van der Waals surface area contributed by atoms with E-state index >= 15 is 0 Å². The average Bonchev–Trinajstić information content (AvgIpc) is 2.74. The predicted octanol–water partition coefficient (Wildman–Crippen LogP) is 0.988. The minimum Gasteiger partial charge on any atom is -0.371 e. The maximum atomic E-state index is 11.7. The van der Waals surface area contributed by atoms with Gasteiger partial charge in [0.25, 0.3) is 0 Å². The smallest absolute Gasteiger partial charge is 0.327 e. The van der Waals surface area contributed by atoms with E-state index in [9.17, 15) is 9.90 Å². The molecule has 6 nitrogen and oxygen atoms in total. The molecule has 1 saturated heterocycles. The Hall–Kier alpha value is -1.56. The van der Waals surface area contributed by atoms with Crippen molar-refractivity contribution in [2.75, 3.05) is 18.5 Å². The van der Waals surface area contributed by atoms with Crippen molar-refractivity contribution in [3.05, 3.63) is 11.8 Å². The summed E-state index contributed by atoms with van der Waals surface area (Å²) in [5, 5.41) is 13.5. The molecule has 1 aromatic heterocycles. The molecule has 2 rings (SSSR count). The normalized spacial score (nSPS) is 21.3. The summed E-state index contributed by atoms with van der Waals surface area (Å²) in [6.45, 7) is 4.22. The molecule has 1 aliphatic rings. The van der Waals surface area contributed by atoms with Crippen LogP contribution in [0.5, 0.6) is 0 Å². The first-order valence-corrected chi connectivity index (χ1v) is 5.19. The first kappa shape index (κ1) is 10.9. The van der Waals surface area contributed by atoms with Crippen LogP contribution in [0.3, 0.4) is 0 Å². The van der Waals surface area contributed by atoms with Gasteiger partial charge in [0, 0.05) is 19.0 Å². The first-order chi connectivity index (χ1) is 7.50. The maximum absolute atomic E-state index is 11.7. The molecule has 0 aliphatic carbocycles. The molecule has 16 heavy (non-hydrogen) atoms. The number of hydrogen-bond donors (Lipinski definition) is 1. The molecule has 0 spiro atoms. The minimum atomic E-state index is -0.859. The van der Waals surface area contributed by atoms with Gasteiger partial charge < -0.3 is 14.5 Å². The summed E-state index contributed by atoms with van der Waals surface area (Å²) in [5.74, 6) is 1.27. The molecular weight excluding hydrogens is 210 g/mol. The second kappa shape index (κ2) is 3.79. The highest BCUT2D eigenvalue weighted by atomic mass is 16.5. The van der Waals surface area contributed by atoms with Gasteiger partial charge in [-0.1, -0.05) is 19.0 Å². The maximum Gasteiger partial charge on any atom is 0.327 e. The Morgan fingerprint density at radius 2 is 2.31 bits per heavy atom. The van der Waals surface area contributed by atoms with Gasteiger partial charge in [0.2, 0.25) is 0 Å². The highest BCUT2D eigenvalue weighted by Crippen LogP contribution is 2.25. The highest BCUT2D eigenvalue weighted by Gasteiger charge is 2.36. The topological polar surface area (TPSA) is 69.8 Å². The molecule has 1 aliphatic heterocycles. The van der Waals surface area contributed by atoms with Crippen LogP contribution in [0.4, 0.5) is 10.6 Å². The van der Waals surface area contributed by atoms with E-state index in [-0.39, 0.29) is 18.5 Å². The Bertz CT molecular complexity index is 402. The second-order valence-electron chi connectivity index (χ2n) is 4.26. The number of nitrogens with zero attached hydrogens (tertiary/aromatic N) is 3. The Balaban J connectivity index is 2.26. The predicted molar refractivity (Wildman–Crippen MR) is 57.1 cm³/mol.